The van der Waals surface area contributed by atoms with E-state index in [1.165, 1.54) is 23.1 Å². The molecule has 1 heterocycles. The largest absolute Gasteiger partial charge is 0.340 e. The first-order valence-corrected chi connectivity index (χ1v) is 7.39. The molecular formula is C14H14BrFN2O2. The highest BCUT2D eigenvalue weighted by atomic mass is 79.9. The molecule has 1 aromatic rings. The van der Waals surface area contributed by atoms with Crippen molar-refractivity contribution < 1.29 is 14.0 Å². The number of carbonyl (C=O) groups is 2. The standard InChI is InChI=1S/C14H14BrFN2O2/c15-10-7-9(3-4-11(10)16)18-8-12(19)17-14(13(18)20)5-1-2-6-14/h3-4,7H,1-2,5-6,8H2,(H,17,19). The molecule has 0 bridgehead atoms. The lowest BCUT2D eigenvalue weighted by atomic mass is 9.92. The molecule has 3 rings (SSSR count). The number of carbonyl (C=O) groups excluding carboxylic acids is 2. The number of piperazine rings is 1. The molecular weight excluding hydrogens is 327 g/mol. The van der Waals surface area contributed by atoms with Crippen LogP contribution in [-0.2, 0) is 9.59 Å². The second-order valence-corrected chi connectivity index (χ2v) is 6.18. The zero-order valence-corrected chi connectivity index (χ0v) is 12.4. The molecule has 0 aromatic heterocycles. The third kappa shape index (κ3) is 2.12. The highest BCUT2D eigenvalue weighted by Gasteiger charge is 2.48. The van der Waals surface area contributed by atoms with E-state index in [0.717, 1.165) is 12.8 Å². The summed E-state index contributed by atoms with van der Waals surface area (Å²) in [4.78, 5) is 26.1. The van der Waals surface area contributed by atoms with Crippen molar-refractivity contribution in [3.63, 3.8) is 0 Å². The minimum atomic E-state index is -0.754. The fourth-order valence-electron chi connectivity index (χ4n) is 3.01. The first-order chi connectivity index (χ1) is 9.52. The predicted octanol–water partition coefficient (Wildman–Crippen LogP) is 2.36. The van der Waals surface area contributed by atoms with Gasteiger partial charge in [-0.3, -0.25) is 9.59 Å². The zero-order valence-electron chi connectivity index (χ0n) is 10.8. The number of halogens is 2. The van der Waals surface area contributed by atoms with E-state index < -0.39 is 11.4 Å². The lowest BCUT2D eigenvalue weighted by Crippen LogP contribution is -2.65. The summed E-state index contributed by atoms with van der Waals surface area (Å²) in [5.74, 6) is -0.640. The number of anilines is 1. The molecule has 0 atom stereocenters. The van der Waals surface area contributed by atoms with Crippen molar-refractivity contribution in [2.75, 3.05) is 11.4 Å². The molecule has 1 aliphatic carbocycles. The van der Waals surface area contributed by atoms with Crippen molar-refractivity contribution in [3.05, 3.63) is 28.5 Å². The van der Waals surface area contributed by atoms with Crippen molar-refractivity contribution in [2.45, 2.75) is 31.2 Å². The van der Waals surface area contributed by atoms with E-state index in [2.05, 4.69) is 21.2 Å². The summed E-state index contributed by atoms with van der Waals surface area (Å²) >= 11 is 3.11. The maximum Gasteiger partial charge on any atom is 0.253 e. The minimum absolute atomic E-state index is 0.0152. The average molecular weight is 341 g/mol. The highest BCUT2D eigenvalue weighted by Crippen LogP contribution is 2.35. The molecule has 2 aliphatic rings. The van der Waals surface area contributed by atoms with E-state index in [1.54, 1.807) is 0 Å². The summed E-state index contributed by atoms with van der Waals surface area (Å²) in [6, 6.07) is 4.36. The van der Waals surface area contributed by atoms with Gasteiger partial charge < -0.3 is 10.2 Å². The summed E-state index contributed by atoms with van der Waals surface area (Å²) in [5, 5.41) is 2.85. The normalized spacial score (nSPS) is 21.4. The number of amides is 2. The molecule has 1 aromatic carbocycles. The fraction of sp³-hybridized carbons (Fsp3) is 0.429. The van der Waals surface area contributed by atoms with Crippen molar-refractivity contribution in [1.29, 1.82) is 0 Å². The Labute approximate surface area is 124 Å². The Bertz CT molecular complexity index is 585. The molecule has 0 unspecified atom stereocenters. The zero-order chi connectivity index (χ0) is 14.3. The van der Waals surface area contributed by atoms with Gasteiger partial charge in [-0.05, 0) is 47.0 Å². The summed E-state index contributed by atoms with van der Waals surface area (Å²) in [5.41, 5.74) is -0.208. The quantitative estimate of drug-likeness (QED) is 0.853. The van der Waals surface area contributed by atoms with Crippen LogP contribution in [-0.4, -0.2) is 23.9 Å². The molecule has 2 amide bonds. The van der Waals surface area contributed by atoms with Crippen LogP contribution in [0.1, 0.15) is 25.7 Å². The molecule has 1 spiro atoms. The van der Waals surface area contributed by atoms with Gasteiger partial charge in [-0.2, -0.15) is 0 Å². The Morgan fingerprint density at radius 1 is 1.25 bits per heavy atom. The van der Waals surface area contributed by atoms with Crippen LogP contribution in [0, 0.1) is 5.82 Å². The van der Waals surface area contributed by atoms with Gasteiger partial charge in [-0.15, -0.1) is 0 Å². The van der Waals surface area contributed by atoms with Gasteiger partial charge >= 0.3 is 0 Å². The van der Waals surface area contributed by atoms with Crippen LogP contribution in [0.25, 0.3) is 0 Å². The van der Waals surface area contributed by atoms with Gasteiger partial charge in [0.2, 0.25) is 5.91 Å². The Hall–Kier alpha value is -1.43. The van der Waals surface area contributed by atoms with E-state index in [9.17, 15) is 14.0 Å². The second kappa shape index (κ2) is 4.84. The average Bonchev–Trinajstić information content (AvgIpc) is 2.86. The number of nitrogens with one attached hydrogen (secondary N) is 1. The van der Waals surface area contributed by atoms with Gasteiger partial charge in [0.15, 0.2) is 0 Å². The van der Waals surface area contributed by atoms with Gasteiger partial charge in [0, 0.05) is 5.69 Å². The minimum Gasteiger partial charge on any atom is -0.340 e. The van der Waals surface area contributed by atoms with Gasteiger partial charge in [0.25, 0.3) is 5.91 Å². The molecule has 1 saturated heterocycles. The number of nitrogens with zero attached hydrogens (tertiary/aromatic N) is 1. The van der Waals surface area contributed by atoms with Crippen molar-refractivity contribution in [2.24, 2.45) is 0 Å². The Balaban J connectivity index is 1.97. The Morgan fingerprint density at radius 3 is 2.60 bits per heavy atom. The Kier molecular flexibility index (Phi) is 3.28. The molecule has 20 heavy (non-hydrogen) atoms. The molecule has 0 radical (unpaired) electrons. The Morgan fingerprint density at radius 2 is 1.95 bits per heavy atom. The van der Waals surface area contributed by atoms with E-state index in [-0.39, 0.29) is 22.8 Å². The number of hydrogen-bond acceptors (Lipinski definition) is 2. The van der Waals surface area contributed by atoms with Gasteiger partial charge in [0.1, 0.15) is 17.9 Å². The van der Waals surface area contributed by atoms with Crippen LogP contribution in [0.3, 0.4) is 0 Å². The first-order valence-electron chi connectivity index (χ1n) is 6.60. The smallest absolute Gasteiger partial charge is 0.253 e. The second-order valence-electron chi connectivity index (χ2n) is 5.33. The maximum atomic E-state index is 13.3. The van der Waals surface area contributed by atoms with Crippen LogP contribution >= 0.6 is 15.9 Å². The van der Waals surface area contributed by atoms with Crippen LogP contribution in [0.2, 0.25) is 0 Å². The third-order valence-electron chi connectivity index (χ3n) is 4.01. The van der Waals surface area contributed by atoms with E-state index in [0.29, 0.717) is 18.5 Å². The number of hydrogen-bond donors (Lipinski definition) is 1. The van der Waals surface area contributed by atoms with Gasteiger partial charge in [0.05, 0.1) is 4.47 Å². The van der Waals surface area contributed by atoms with Gasteiger partial charge in [-0.1, -0.05) is 12.8 Å². The van der Waals surface area contributed by atoms with E-state index in [1.807, 2.05) is 0 Å². The SMILES string of the molecule is O=C1CN(c2ccc(F)c(Br)c2)C(=O)C2(CCCC2)N1. The molecule has 6 heteroatoms. The summed E-state index contributed by atoms with van der Waals surface area (Å²) in [6.45, 7) is -0.0152. The fourth-order valence-corrected chi connectivity index (χ4v) is 3.38. The topological polar surface area (TPSA) is 49.4 Å². The first kappa shape index (κ1) is 13.5. The molecule has 1 aliphatic heterocycles. The molecule has 106 valence electrons. The third-order valence-corrected chi connectivity index (χ3v) is 4.61. The van der Waals surface area contributed by atoms with Crippen molar-refractivity contribution in [3.8, 4) is 0 Å². The summed E-state index contributed by atoms with van der Waals surface area (Å²) in [6.07, 6.45) is 3.23. The molecule has 2 fully saturated rings. The van der Waals surface area contributed by atoms with Crippen LogP contribution < -0.4 is 10.2 Å². The molecule has 4 nitrogen and oxygen atoms in total. The van der Waals surface area contributed by atoms with E-state index in [4.69, 9.17) is 0 Å². The number of rotatable bonds is 1. The van der Waals surface area contributed by atoms with Crippen molar-refractivity contribution >= 4 is 33.4 Å². The van der Waals surface area contributed by atoms with E-state index >= 15 is 0 Å². The van der Waals surface area contributed by atoms with Crippen LogP contribution in [0.5, 0.6) is 0 Å². The monoisotopic (exact) mass is 340 g/mol. The number of benzene rings is 1. The van der Waals surface area contributed by atoms with Crippen molar-refractivity contribution in [1.82, 2.24) is 5.32 Å². The predicted molar refractivity (Wildman–Crippen MR) is 75.8 cm³/mol. The molecule has 1 saturated carbocycles. The summed E-state index contributed by atoms with van der Waals surface area (Å²) in [7, 11) is 0. The van der Waals surface area contributed by atoms with Gasteiger partial charge in [-0.25, -0.2) is 4.39 Å². The summed E-state index contributed by atoms with van der Waals surface area (Å²) < 4.78 is 13.6. The lowest BCUT2D eigenvalue weighted by Gasteiger charge is -2.39. The van der Waals surface area contributed by atoms with Crippen LogP contribution in [0.15, 0.2) is 22.7 Å². The molecule has 1 N–H and O–H groups in total. The van der Waals surface area contributed by atoms with Crippen LogP contribution in [0.4, 0.5) is 10.1 Å². The lowest BCUT2D eigenvalue weighted by molar-refractivity contribution is -0.135. The maximum absolute atomic E-state index is 13.3. The highest BCUT2D eigenvalue weighted by molar-refractivity contribution is 9.10.